The topological polar surface area (TPSA) is 73.4 Å². The highest BCUT2D eigenvalue weighted by molar-refractivity contribution is 5.33. The number of aromatic nitrogens is 2. The van der Waals surface area contributed by atoms with Gasteiger partial charge in [0.25, 0.3) is 0 Å². The molecule has 45 valence electrons. The molecule has 0 fully saturated rings. The van der Waals surface area contributed by atoms with Gasteiger partial charge in [-0.05, 0) is 0 Å². The van der Waals surface area contributed by atoms with Crippen molar-refractivity contribution in [1.82, 2.24) is 9.97 Å². The standard InChI is InChI=1S/C6HN4/c7-3-5-6(4-8)10-2-1-9-5/h1H. The average molecular weight is 129 g/mol. The molecule has 1 aromatic rings. The van der Waals surface area contributed by atoms with E-state index in [4.69, 9.17) is 10.5 Å². The Labute approximate surface area is 57.4 Å². The highest BCUT2D eigenvalue weighted by Gasteiger charge is 1.99. The van der Waals surface area contributed by atoms with Gasteiger partial charge in [0, 0.05) is 0 Å². The maximum Gasteiger partial charge on any atom is 0.177 e. The van der Waals surface area contributed by atoms with E-state index in [1.165, 1.54) is 6.20 Å². The first-order chi connectivity index (χ1) is 4.88. The van der Waals surface area contributed by atoms with E-state index in [0.29, 0.717) is 0 Å². The van der Waals surface area contributed by atoms with Gasteiger partial charge in [0.05, 0.1) is 6.20 Å². The highest BCUT2D eigenvalue weighted by atomic mass is 14.8. The van der Waals surface area contributed by atoms with Crippen LogP contribution in [0.1, 0.15) is 11.4 Å². The second kappa shape index (κ2) is 2.56. The molecule has 1 radical (unpaired) electrons. The van der Waals surface area contributed by atoms with Gasteiger partial charge in [0.15, 0.2) is 11.4 Å². The van der Waals surface area contributed by atoms with Crippen molar-refractivity contribution in [2.24, 2.45) is 0 Å². The maximum atomic E-state index is 8.33. The van der Waals surface area contributed by atoms with E-state index in [0.717, 1.165) is 0 Å². The summed E-state index contributed by atoms with van der Waals surface area (Å²) in [4.78, 5) is 7.06. The lowest BCUT2D eigenvalue weighted by Gasteiger charge is -1.85. The monoisotopic (exact) mass is 129 g/mol. The molecule has 0 amide bonds. The van der Waals surface area contributed by atoms with Crippen LogP contribution < -0.4 is 0 Å². The SMILES string of the molecule is N#Cc1n[c]cnc1C#N. The molecule has 10 heavy (non-hydrogen) atoms. The van der Waals surface area contributed by atoms with E-state index < -0.39 is 0 Å². The Balaban J connectivity index is 3.28. The van der Waals surface area contributed by atoms with Crippen LogP contribution in [0.5, 0.6) is 0 Å². The third-order valence-electron chi connectivity index (χ3n) is 0.864. The molecule has 0 aliphatic carbocycles. The molecular weight excluding hydrogens is 128 g/mol. The Kier molecular flexibility index (Phi) is 1.58. The summed E-state index contributed by atoms with van der Waals surface area (Å²) in [5, 5.41) is 16.7. The van der Waals surface area contributed by atoms with Crippen LogP contribution in [-0.2, 0) is 0 Å². The van der Waals surface area contributed by atoms with E-state index in [1.54, 1.807) is 12.1 Å². The molecule has 0 saturated carbocycles. The average Bonchev–Trinajstić information content (AvgIpc) is 2.04. The van der Waals surface area contributed by atoms with Crippen molar-refractivity contribution in [2.45, 2.75) is 0 Å². The lowest BCUT2D eigenvalue weighted by Crippen LogP contribution is -1.90. The third kappa shape index (κ3) is 0.910. The largest absolute Gasteiger partial charge is 0.240 e. The molecule has 0 aliphatic heterocycles. The summed E-state index contributed by atoms with van der Waals surface area (Å²) in [5.41, 5.74) is 0.0613. The summed E-state index contributed by atoms with van der Waals surface area (Å²) in [5.74, 6) is 0. The summed E-state index contributed by atoms with van der Waals surface area (Å²) in [6.07, 6.45) is 3.60. The van der Waals surface area contributed by atoms with Gasteiger partial charge >= 0.3 is 0 Å². The van der Waals surface area contributed by atoms with Gasteiger partial charge < -0.3 is 0 Å². The number of nitrogens with zero attached hydrogens (tertiary/aromatic N) is 4. The molecule has 0 unspecified atom stereocenters. The molecule has 1 heterocycles. The Morgan fingerprint density at radius 2 is 2.00 bits per heavy atom. The van der Waals surface area contributed by atoms with E-state index in [2.05, 4.69) is 16.2 Å². The molecule has 4 nitrogen and oxygen atoms in total. The van der Waals surface area contributed by atoms with Gasteiger partial charge in [-0.2, -0.15) is 10.5 Å². The zero-order valence-corrected chi connectivity index (χ0v) is 4.87. The Hall–Kier alpha value is -1.94. The number of nitriles is 2. The Morgan fingerprint density at radius 3 is 2.50 bits per heavy atom. The smallest absolute Gasteiger partial charge is 0.177 e. The molecule has 1 aromatic heterocycles. The number of hydrogen-bond acceptors (Lipinski definition) is 4. The first kappa shape index (κ1) is 6.18. The Morgan fingerprint density at radius 1 is 1.30 bits per heavy atom. The Bertz CT molecular complexity index is 284. The fourth-order valence-electron chi connectivity index (χ4n) is 0.461. The van der Waals surface area contributed by atoms with Crippen LogP contribution in [0, 0.1) is 28.9 Å². The fourth-order valence-corrected chi connectivity index (χ4v) is 0.461. The minimum Gasteiger partial charge on any atom is -0.240 e. The van der Waals surface area contributed by atoms with E-state index in [1.807, 2.05) is 0 Å². The summed E-state index contributed by atoms with van der Waals surface area (Å²) < 4.78 is 0. The molecule has 0 aliphatic rings. The van der Waals surface area contributed by atoms with Gasteiger partial charge in [-0.1, -0.05) is 0 Å². The molecule has 0 aromatic carbocycles. The fraction of sp³-hybridized carbons (Fsp3) is 0. The van der Waals surface area contributed by atoms with Crippen molar-refractivity contribution >= 4 is 0 Å². The summed E-state index contributed by atoms with van der Waals surface area (Å²) in [7, 11) is 0. The summed E-state index contributed by atoms with van der Waals surface area (Å²) >= 11 is 0. The molecule has 0 spiro atoms. The zero-order valence-electron chi connectivity index (χ0n) is 4.87. The van der Waals surface area contributed by atoms with Gasteiger partial charge in [-0.3, -0.25) is 0 Å². The lowest BCUT2D eigenvalue weighted by molar-refractivity contribution is 1.12. The molecule has 4 heteroatoms. The van der Waals surface area contributed by atoms with Crippen molar-refractivity contribution in [1.29, 1.82) is 10.5 Å². The van der Waals surface area contributed by atoms with Crippen LogP contribution in [-0.4, -0.2) is 9.97 Å². The van der Waals surface area contributed by atoms with Crippen molar-refractivity contribution in [3.05, 3.63) is 23.8 Å². The second-order valence-corrected chi connectivity index (χ2v) is 1.42. The van der Waals surface area contributed by atoms with E-state index in [9.17, 15) is 0 Å². The predicted octanol–water partition coefficient (Wildman–Crippen LogP) is 0.0201. The van der Waals surface area contributed by atoms with Crippen LogP contribution in [0.15, 0.2) is 6.20 Å². The van der Waals surface area contributed by atoms with Crippen molar-refractivity contribution in [3.8, 4) is 12.1 Å². The van der Waals surface area contributed by atoms with Gasteiger partial charge in [-0.25, -0.2) is 9.97 Å². The van der Waals surface area contributed by atoms with Crippen LogP contribution >= 0.6 is 0 Å². The van der Waals surface area contributed by atoms with E-state index in [-0.39, 0.29) is 11.4 Å². The quantitative estimate of drug-likeness (QED) is 0.495. The number of hydrogen-bond donors (Lipinski definition) is 0. The first-order valence-electron chi connectivity index (χ1n) is 2.41. The molecule has 1 rings (SSSR count). The normalized spacial score (nSPS) is 7.80. The minimum atomic E-state index is 0.0185. The maximum absolute atomic E-state index is 8.33. The minimum absolute atomic E-state index is 0.0185. The number of rotatable bonds is 0. The van der Waals surface area contributed by atoms with Crippen molar-refractivity contribution in [3.63, 3.8) is 0 Å². The van der Waals surface area contributed by atoms with Crippen LogP contribution in [0.4, 0.5) is 0 Å². The molecule has 0 bridgehead atoms. The zero-order chi connectivity index (χ0) is 7.40. The van der Waals surface area contributed by atoms with Gasteiger partial charge in [0.1, 0.15) is 18.3 Å². The predicted molar refractivity (Wildman–Crippen MR) is 30.3 cm³/mol. The first-order valence-corrected chi connectivity index (χ1v) is 2.41. The summed E-state index contributed by atoms with van der Waals surface area (Å²) in [6.45, 7) is 0. The van der Waals surface area contributed by atoms with E-state index >= 15 is 0 Å². The highest BCUT2D eigenvalue weighted by Crippen LogP contribution is 1.94. The summed E-state index contributed by atoms with van der Waals surface area (Å²) in [6, 6.07) is 3.45. The van der Waals surface area contributed by atoms with Crippen molar-refractivity contribution < 1.29 is 0 Å². The third-order valence-corrected chi connectivity index (χ3v) is 0.864. The molecule has 0 saturated heterocycles. The van der Waals surface area contributed by atoms with Crippen LogP contribution in [0.2, 0.25) is 0 Å². The van der Waals surface area contributed by atoms with Crippen LogP contribution in [0.25, 0.3) is 0 Å². The molecular formula is C6HN4. The van der Waals surface area contributed by atoms with Gasteiger partial charge in [-0.15, -0.1) is 0 Å². The van der Waals surface area contributed by atoms with Gasteiger partial charge in [0.2, 0.25) is 0 Å². The molecule has 0 N–H and O–H groups in total. The second-order valence-electron chi connectivity index (χ2n) is 1.42. The van der Waals surface area contributed by atoms with Crippen molar-refractivity contribution in [2.75, 3.05) is 0 Å². The van der Waals surface area contributed by atoms with Crippen LogP contribution in [0.3, 0.4) is 0 Å². The lowest BCUT2D eigenvalue weighted by atomic mass is 10.3. The molecule has 0 atom stereocenters.